The van der Waals surface area contributed by atoms with Gasteiger partial charge in [0.05, 0.1) is 24.3 Å². The lowest BCUT2D eigenvalue weighted by molar-refractivity contribution is 0.0853. The predicted molar refractivity (Wildman–Crippen MR) is 136 cm³/mol. The number of aromatic nitrogens is 3. The second-order valence-corrected chi connectivity index (χ2v) is 9.13. The number of nitrogen functional groups attached to an aromatic ring is 1. The van der Waals surface area contributed by atoms with Crippen molar-refractivity contribution in [1.82, 2.24) is 14.1 Å². The van der Waals surface area contributed by atoms with E-state index in [0.717, 1.165) is 67.1 Å². The number of ether oxygens (including phenoxy) is 2. The van der Waals surface area contributed by atoms with Gasteiger partial charge in [-0.2, -0.15) is 0 Å². The number of methoxy groups -OCH3 is 1. The third kappa shape index (κ3) is 5.59. The van der Waals surface area contributed by atoms with Gasteiger partial charge in [0.1, 0.15) is 5.82 Å². The summed E-state index contributed by atoms with van der Waals surface area (Å²) in [5.74, 6) is 1.20. The molecule has 1 aromatic carbocycles. The van der Waals surface area contributed by atoms with Gasteiger partial charge in [-0.15, -0.1) is 0 Å². The van der Waals surface area contributed by atoms with E-state index in [9.17, 15) is 9.59 Å². The first-order chi connectivity index (χ1) is 16.9. The lowest BCUT2D eigenvalue weighted by Crippen LogP contribution is -2.24. The summed E-state index contributed by atoms with van der Waals surface area (Å²) in [6, 6.07) is 8.43. The van der Waals surface area contributed by atoms with Crippen LogP contribution in [0.2, 0.25) is 0 Å². The van der Waals surface area contributed by atoms with Crippen LogP contribution in [-0.4, -0.2) is 40.5 Å². The molecule has 0 atom stereocenters. The first-order valence-electron chi connectivity index (χ1n) is 12.0. The highest BCUT2D eigenvalue weighted by atomic mass is 16.5. The Balaban J connectivity index is 0.000000527. The molecule has 0 bridgehead atoms. The molecule has 2 aliphatic rings. The van der Waals surface area contributed by atoms with E-state index in [1.807, 2.05) is 23.7 Å². The zero-order chi connectivity index (χ0) is 24.9. The van der Waals surface area contributed by atoms with Crippen LogP contribution in [-0.2, 0) is 16.5 Å². The molecule has 2 aromatic heterocycles. The van der Waals surface area contributed by atoms with Crippen molar-refractivity contribution in [2.75, 3.05) is 31.4 Å². The van der Waals surface area contributed by atoms with E-state index in [4.69, 9.17) is 10.5 Å². The van der Waals surface area contributed by atoms with E-state index < -0.39 is 6.09 Å². The van der Waals surface area contributed by atoms with Gasteiger partial charge >= 0.3 is 11.8 Å². The number of primary amides is 1. The van der Waals surface area contributed by atoms with Crippen molar-refractivity contribution in [3.63, 3.8) is 0 Å². The summed E-state index contributed by atoms with van der Waals surface area (Å²) < 4.78 is 13.0. The number of rotatable bonds is 4. The average Bonchev–Trinajstić information content (AvgIpc) is 3.46. The van der Waals surface area contributed by atoms with Crippen molar-refractivity contribution < 1.29 is 14.3 Å². The summed E-state index contributed by atoms with van der Waals surface area (Å²) in [4.78, 5) is 26.8. The Hall–Kier alpha value is -3.53. The molecule has 1 saturated carbocycles. The predicted octanol–water partition coefficient (Wildman–Crippen LogP) is 3.78. The van der Waals surface area contributed by atoms with Gasteiger partial charge in [0.2, 0.25) is 0 Å². The fourth-order valence-electron chi connectivity index (χ4n) is 5.00. The van der Waals surface area contributed by atoms with Crippen LogP contribution in [0.15, 0.2) is 35.3 Å². The van der Waals surface area contributed by atoms with Gasteiger partial charge < -0.3 is 26.3 Å². The minimum absolute atomic E-state index is 0.0432. The maximum atomic E-state index is 12.9. The second-order valence-electron chi connectivity index (χ2n) is 9.13. The van der Waals surface area contributed by atoms with Crippen molar-refractivity contribution in [2.45, 2.75) is 50.5 Å². The van der Waals surface area contributed by atoms with Crippen LogP contribution in [0.25, 0.3) is 11.0 Å². The number of amides is 1. The molecular formula is C25H34N6O4. The highest BCUT2D eigenvalue weighted by molar-refractivity contribution is 5.79. The number of nitrogens with two attached hydrogens (primary N) is 2. The number of benzene rings is 1. The van der Waals surface area contributed by atoms with Crippen molar-refractivity contribution in [3.05, 3.63) is 46.5 Å². The second kappa shape index (κ2) is 10.8. The Labute approximate surface area is 204 Å². The summed E-state index contributed by atoms with van der Waals surface area (Å²) in [5, 5.41) is 3.42. The minimum atomic E-state index is -0.745. The van der Waals surface area contributed by atoms with Crippen LogP contribution < -0.4 is 22.5 Å². The molecule has 1 amide bonds. The molecule has 3 aromatic rings. The van der Waals surface area contributed by atoms with E-state index in [1.165, 1.54) is 25.5 Å². The molecule has 3 heterocycles. The molecule has 2 fully saturated rings. The van der Waals surface area contributed by atoms with E-state index in [2.05, 4.69) is 32.9 Å². The number of anilines is 3. The smallest absolute Gasteiger partial charge is 0.404 e. The van der Waals surface area contributed by atoms with Gasteiger partial charge in [0, 0.05) is 43.7 Å². The maximum Gasteiger partial charge on any atom is 0.404 e. The fourth-order valence-corrected chi connectivity index (χ4v) is 5.00. The Morgan fingerprint density at radius 1 is 1.11 bits per heavy atom. The fraction of sp³-hybridized carbons (Fsp3) is 0.480. The third-order valence-corrected chi connectivity index (χ3v) is 6.81. The van der Waals surface area contributed by atoms with Gasteiger partial charge in [-0.05, 0) is 55.4 Å². The van der Waals surface area contributed by atoms with Crippen molar-refractivity contribution in [3.8, 4) is 0 Å². The molecule has 0 spiro atoms. The van der Waals surface area contributed by atoms with Gasteiger partial charge in [0.25, 0.3) is 0 Å². The van der Waals surface area contributed by atoms with Crippen molar-refractivity contribution in [2.24, 2.45) is 12.8 Å². The van der Waals surface area contributed by atoms with E-state index in [0.29, 0.717) is 5.92 Å². The number of pyridine rings is 1. The van der Waals surface area contributed by atoms with Crippen LogP contribution in [0.4, 0.5) is 22.0 Å². The molecule has 35 heavy (non-hydrogen) atoms. The maximum absolute atomic E-state index is 12.9. The Kier molecular flexibility index (Phi) is 7.60. The van der Waals surface area contributed by atoms with Crippen LogP contribution in [0.1, 0.15) is 56.0 Å². The molecule has 1 aliphatic carbocycles. The number of hydrogen-bond donors (Lipinski definition) is 3. The largest absolute Gasteiger partial charge is 0.453 e. The van der Waals surface area contributed by atoms with Crippen molar-refractivity contribution in [1.29, 1.82) is 0 Å². The Morgan fingerprint density at radius 2 is 1.80 bits per heavy atom. The third-order valence-electron chi connectivity index (χ3n) is 6.81. The van der Waals surface area contributed by atoms with E-state index in [-0.39, 0.29) is 11.7 Å². The summed E-state index contributed by atoms with van der Waals surface area (Å²) in [6.07, 6.45) is 7.57. The first-order valence-corrected chi connectivity index (χ1v) is 12.0. The SMILES string of the molecule is COC(N)=O.Cn1c(=O)n(C2CCCC2)c2cc(Nc3cc(N)cc(C4CCOCC4)c3)ncc21. The topological polar surface area (TPSA) is 139 Å². The standard InChI is InChI=1S/C23H29N5O2.C2H5NO2/c1-27-21-14-25-22(13-20(21)28(23(27)29)19-4-2-3-5-19)26-18-11-16(10-17(24)12-18)15-6-8-30-9-7-15;1-5-2(3)4/h10-15,19H,2-9,24H2,1H3,(H,25,26);1H3,(H2,3,4). The zero-order valence-corrected chi connectivity index (χ0v) is 20.3. The highest BCUT2D eigenvalue weighted by Crippen LogP contribution is 2.33. The number of aryl methyl sites for hydroxylation is 1. The van der Waals surface area contributed by atoms with Gasteiger partial charge in [-0.3, -0.25) is 9.13 Å². The number of imidazole rings is 1. The van der Waals surface area contributed by atoms with Crippen LogP contribution >= 0.6 is 0 Å². The highest BCUT2D eigenvalue weighted by Gasteiger charge is 2.23. The lowest BCUT2D eigenvalue weighted by atomic mass is 9.91. The number of fused-ring (bicyclic) bond motifs is 1. The zero-order valence-electron chi connectivity index (χ0n) is 20.3. The number of nitrogens with one attached hydrogen (secondary N) is 1. The van der Waals surface area contributed by atoms with Crippen LogP contribution in [0.5, 0.6) is 0 Å². The summed E-state index contributed by atoms with van der Waals surface area (Å²) in [7, 11) is 3.05. The lowest BCUT2D eigenvalue weighted by Gasteiger charge is -2.23. The molecule has 5 rings (SSSR count). The molecule has 10 nitrogen and oxygen atoms in total. The molecule has 0 radical (unpaired) electrons. The van der Waals surface area contributed by atoms with Gasteiger partial charge in [0.15, 0.2) is 0 Å². The van der Waals surface area contributed by atoms with Crippen LogP contribution in [0, 0.1) is 0 Å². The molecule has 5 N–H and O–H groups in total. The number of nitrogens with zero attached hydrogens (tertiary/aromatic N) is 3. The quantitative estimate of drug-likeness (QED) is 0.481. The number of hydrogen-bond acceptors (Lipinski definition) is 7. The summed E-state index contributed by atoms with van der Waals surface area (Å²) in [6.45, 7) is 1.60. The first kappa shape index (κ1) is 24.6. The van der Waals surface area contributed by atoms with E-state index >= 15 is 0 Å². The van der Waals surface area contributed by atoms with E-state index in [1.54, 1.807) is 10.8 Å². The summed E-state index contributed by atoms with van der Waals surface area (Å²) >= 11 is 0. The minimum Gasteiger partial charge on any atom is -0.453 e. The molecule has 1 saturated heterocycles. The molecular weight excluding hydrogens is 448 g/mol. The molecule has 10 heteroatoms. The van der Waals surface area contributed by atoms with Gasteiger partial charge in [-0.25, -0.2) is 14.6 Å². The van der Waals surface area contributed by atoms with Crippen LogP contribution in [0.3, 0.4) is 0 Å². The molecule has 1 aliphatic heterocycles. The average molecular weight is 483 g/mol. The number of carbonyl (C=O) groups is 1. The monoisotopic (exact) mass is 482 g/mol. The molecule has 188 valence electrons. The summed E-state index contributed by atoms with van der Waals surface area (Å²) in [5.41, 5.74) is 15.4. The normalized spacial score (nSPS) is 16.6. The Bertz CT molecular complexity index is 1240. The molecule has 0 unspecified atom stereocenters. The number of carbonyl (C=O) groups excluding carboxylic acids is 1. The van der Waals surface area contributed by atoms with Crippen molar-refractivity contribution >= 4 is 34.3 Å². The van der Waals surface area contributed by atoms with Gasteiger partial charge in [-0.1, -0.05) is 12.8 Å². The Morgan fingerprint density at radius 3 is 2.46 bits per heavy atom.